The maximum absolute atomic E-state index is 12.4. The third-order valence-electron chi connectivity index (χ3n) is 3.02. The van der Waals surface area contributed by atoms with E-state index in [9.17, 15) is 4.79 Å². The number of anilines is 1. The summed E-state index contributed by atoms with van der Waals surface area (Å²) in [5.74, 6) is 0.0126. The van der Waals surface area contributed by atoms with Crippen molar-refractivity contribution < 1.29 is 4.79 Å². The quantitative estimate of drug-likeness (QED) is 0.853. The van der Waals surface area contributed by atoms with Crippen molar-refractivity contribution in [3.05, 3.63) is 65.7 Å². The molecule has 0 fully saturated rings. The predicted molar refractivity (Wildman–Crippen MR) is 77.7 cm³/mol. The van der Waals surface area contributed by atoms with Crippen LogP contribution in [0.5, 0.6) is 0 Å². The number of amides is 1. The van der Waals surface area contributed by atoms with E-state index in [0.29, 0.717) is 24.3 Å². The molecule has 0 saturated carbocycles. The van der Waals surface area contributed by atoms with Gasteiger partial charge >= 0.3 is 0 Å². The molecule has 0 radical (unpaired) electrons. The second-order valence-corrected chi connectivity index (χ2v) is 4.43. The zero-order valence-electron chi connectivity index (χ0n) is 11.0. The van der Waals surface area contributed by atoms with Gasteiger partial charge in [-0.2, -0.15) is 0 Å². The van der Waals surface area contributed by atoms with E-state index in [1.807, 2.05) is 42.2 Å². The minimum atomic E-state index is 0.0126. The van der Waals surface area contributed by atoms with Gasteiger partial charge in [0, 0.05) is 24.3 Å². The predicted octanol–water partition coefficient (Wildman–Crippen LogP) is 2.93. The van der Waals surface area contributed by atoms with Crippen LogP contribution < -0.4 is 5.73 Å². The third kappa shape index (κ3) is 3.35. The molecule has 0 aliphatic carbocycles. The molecule has 0 heterocycles. The standard InChI is InChI=1S/C16H18N2O/c1-2-18(12-13-7-4-3-5-8-13)16(19)14-9-6-10-15(17)11-14/h3-11H,2,12,17H2,1H3. The molecular formula is C16H18N2O. The molecule has 0 saturated heterocycles. The summed E-state index contributed by atoms with van der Waals surface area (Å²) in [5.41, 5.74) is 8.10. The first-order valence-corrected chi connectivity index (χ1v) is 6.39. The van der Waals surface area contributed by atoms with Crippen LogP contribution in [-0.2, 0) is 6.54 Å². The van der Waals surface area contributed by atoms with Crippen LogP contribution in [-0.4, -0.2) is 17.4 Å². The molecule has 0 bridgehead atoms. The molecule has 0 aromatic heterocycles. The Kier molecular flexibility index (Phi) is 4.18. The maximum atomic E-state index is 12.4. The highest BCUT2D eigenvalue weighted by atomic mass is 16.2. The lowest BCUT2D eigenvalue weighted by molar-refractivity contribution is 0.0752. The van der Waals surface area contributed by atoms with Crippen molar-refractivity contribution >= 4 is 11.6 Å². The fourth-order valence-corrected chi connectivity index (χ4v) is 1.99. The molecule has 2 rings (SSSR count). The Balaban J connectivity index is 2.16. The van der Waals surface area contributed by atoms with Gasteiger partial charge in [0.25, 0.3) is 5.91 Å². The molecule has 3 nitrogen and oxygen atoms in total. The number of nitrogens with zero attached hydrogens (tertiary/aromatic N) is 1. The number of nitrogen functional groups attached to an aromatic ring is 1. The zero-order valence-corrected chi connectivity index (χ0v) is 11.0. The van der Waals surface area contributed by atoms with Gasteiger partial charge in [-0.3, -0.25) is 4.79 Å². The molecule has 2 aromatic carbocycles. The molecule has 19 heavy (non-hydrogen) atoms. The van der Waals surface area contributed by atoms with Crippen LogP contribution in [0.15, 0.2) is 54.6 Å². The number of nitrogens with two attached hydrogens (primary N) is 1. The van der Waals surface area contributed by atoms with Gasteiger partial charge in [0.1, 0.15) is 0 Å². The van der Waals surface area contributed by atoms with Crippen molar-refractivity contribution in [2.24, 2.45) is 0 Å². The number of hydrogen-bond donors (Lipinski definition) is 1. The summed E-state index contributed by atoms with van der Waals surface area (Å²) < 4.78 is 0. The van der Waals surface area contributed by atoms with E-state index in [4.69, 9.17) is 5.73 Å². The van der Waals surface area contributed by atoms with Crippen LogP contribution in [0.4, 0.5) is 5.69 Å². The Morgan fingerprint density at radius 1 is 1.11 bits per heavy atom. The van der Waals surface area contributed by atoms with Crippen LogP contribution in [0, 0.1) is 0 Å². The Morgan fingerprint density at radius 3 is 2.47 bits per heavy atom. The summed E-state index contributed by atoms with van der Waals surface area (Å²) in [6.07, 6.45) is 0. The third-order valence-corrected chi connectivity index (χ3v) is 3.02. The second kappa shape index (κ2) is 6.05. The molecule has 1 amide bonds. The topological polar surface area (TPSA) is 46.3 Å². The van der Waals surface area contributed by atoms with Crippen molar-refractivity contribution in [1.82, 2.24) is 4.90 Å². The molecule has 0 aliphatic rings. The van der Waals surface area contributed by atoms with Gasteiger partial charge in [-0.1, -0.05) is 36.4 Å². The zero-order chi connectivity index (χ0) is 13.7. The van der Waals surface area contributed by atoms with Gasteiger partial charge in [-0.05, 0) is 30.7 Å². The molecule has 0 aliphatic heterocycles. The first kappa shape index (κ1) is 13.1. The van der Waals surface area contributed by atoms with Crippen molar-refractivity contribution in [2.45, 2.75) is 13.5 Å². The monoisotopic (exact) mass is 254 g/mol. The highest BCUT2D eigenvalue weighted by Crippen LogP contribution is 2.12. The van der Waals surface area contributed by atoms with Crippen LogP contribution >= 0.6 is 0 Å². The molecule has 2 N–H and O–H groups in total. The van der Waals surface area contributed by atoms with Gasteiger partial charge < -0.3 is 10.6 Å². The lowest BCUT2D eigenvalue weighted by atomic mass is 10.1. The molecule has 2 aromatic rings. The van der Waals surface area contributed by atoms with E-state index in [1.54, 1.807) is 24.3 Å². The Hall–Kier alpha value is -2.29. The van der Waals surface area contributed by atoms with Crippen LogP contribution in [0.25, 0.3) is 0 Å². The van der Waals surface area contributed by atoms with Crippen molar-refractivity contribution in [2.75, 3.05) is 12.3 Å². The van der Waals surface area contributed by atoms with E-state index >= 15 is 0 Å². The average molecular weight is 254 g/mol. The summed E-state index contributed by atoms with van der Waals surface area (Å²) >= 11 is 0. The Labute approximate surface area is 113 Å². The van der Waals surface area contributed by atoms with E-state index < -0.39 is 0 Å². The first-order chi connectivity index (χ1) is 9.20. The molecule has 98 valence electrons. The minimum Gasteiger partial charge on any atom is -0.399 e. The van der Waals surface area contributed by atoms with Gasteiger partial charge in [-0.25, -0.2) is 0 Å². The Bertz CT molecular complexity index is 552. The second-order valence-electron chi connectivity index (χ2n) is 4.43. The summed E-state index contributed by atoms with van der Waals surface area (Å²) in [6, 6.07) is 17.1. The highest BCUT2D eigenvalue weighted by molar-refractivity contribution is 5.95. The number of hydrogen-bond acceptors (Lipinski definition) is 2. The maximum Gasteiger partial charge on any atom is 0.254 e. The van der Waals surface area contributed by atoms with Crippen LogP contribution in [0.3, 0.4) is 0 Å². The number of rotatable bonds is 4. The van der Waals surface area contributed by atoms with Crippen molar-refractivity contribution in [3.63, 3.8) is 0 Å². The van der Waals surface area contributed by atoms with E-state index in [1.165, 1.54) is 0 Å². The fourth-order valence-electron chi connectivity index (χ4n) is 1.99. The van der Waals surface area contributed by atoms with Crippen LogP contribution in [0.1, 0.15) is 22.8 Å². The van der Waals surface area contributed by atoms with E-state index in [2.05, 4.69) is 0 Å². The summed E-state index contributed by atoms with van der Waals surface area (Å²) in [6.45, 7) is 3.26. The van der Waals surface area contributed by atoms with Crippen molar-refractivity contribution in [1.29, 1.82) is 0 Å². The summed E-state index contributed by atoms with van der Waals surface area (Å²) in [5, 5.41) is 0. The Morgan fingerprint density at radius 2 is 1.84 bits per heavy atom. The normalized spacial score (nSPS) is 10.2. The van der Waals surface area contributed by atoms with Crippen molar-refractivity contribution in [3.8, 4) is 0 Å². The van der Waals surface area contributed by atoms with Gasteiger partial charge in [0.15, 0.2) is 0 Å². The molecular weight excluding hydrogens is 236 g/mol. The first-order valence-electron chi connectivity index (χ1n) is 6.39. The SMILES string of the molecule is CCN(Cc1ccccc1)C(=O)c1cccc(N)c1. The lowest BCUT2D eigenvalue weighted by Gasteiger charge is -2.21. The molecule has 0 atom stereocenters. The number of carbonyl (C=O) groups excluding carboxylic acids is 1. The molecule has 0 unspecified atom stereocenters. The summed E-state index contributed by atoms with van der Waals surface area (Å²) in [4.78, 5) is 14.2. The number of benzene rings is 2. The average Bonchev–Trinajstić information content (AvgIpc) is 2.45. The molecule has 0 spiro atoms. The smallest absolute Gasteiger partial charge is 0.254 e. The van der Waals surface area contributed by atoms with Gasteiger partial charge in [-0.15, -0.1) is 0 Å². The minimum absolute atomic E-state index is 0.0126. The largest absolute Gasteiger partial charge is 0.399 e. The fraction of sp³-hybridized carbons (Fsp3) is 0.188. The van der Waals surface area contributed by atoms with Gasteiger partial charge in [0.05, 0.1) is 0 Å². The van der Waals surface area contributed by atoms with Crippen LogP contribution in [0.2, 0.25) is 0 Å². The lowest BCUT2D eigenvalue weighted by Crippen LogP contribution is -2.30. The molecule has 3 heteroatoms. The van der Waals surface area contributed by atoms with E-state index in [0.717, 1.165) is 5.56 Å². The van der Waals surface area contributed by atoms with E-state index in [-0.39, 0.29) is 5.91 Å². The van der Waals surface area contributed by atoms with Gasteiger partial charge in [0.2, 0.25) is 0 Å². The summed E-state index contributed by atoms with van der Waals surface area (Å²) in [7, 11) is 0. The highest BCUT2D eigenvalue weighted by Gasteiger charge is 2.14. The number of carbonyl (C=O) groups is 1.